The number of likely N-dealkylation sites (tertiary alicyclic amines) is 1. The third-order valence-corrected chi connectivity index (χ3v) is 6.31. The van der Waals surface area contributed by atoms with Gasteiger partial charge in [-0.1, -0.05) is 30.3 Å². The van der Waals surface area contributed by atoms with Crippen LogP contribution in [0.2, 0.25) is 0 Å². The zero-order chi connectivity index (χ0) is 19.8. The van der Waals surface area contributed by atoms with Crippen LogP contribution < -0.4 is 5.32 Å². The molecule has 6 heteroatoms. The van der Waals surface area contributed by atoms with Gasteiger partial charge in [0.1, 0.15) is 11.3 Å². The molecule has 1 saturated heterocycles. The molecule has 1 aliphatic heterocycles. The van der Waals surface area contributed by atoms with Crippen LogP contribution in [0.15, 0.2) is 30.3 Å². The summed E-state index contributed by atoms with van der Waals surface area (Å²) in [7, 11) is 2.22. The largest absolute Gasteiger partial charge is 0.351 e. The minimum atomic E-state index is 0.538. The number of hydrogen-bond donors (Lipinski definition) is 1. The average Bonchev–Trinajstić information content (AvgIpc) is 3.47. The van der Waals surface area contributed by atoms with Crippen LogP contribution in [0.5, 0.6) is 0 Å². The Morgan fingerprint density at radius 3 is 2.48 bits per heavy atom. The summed E-state index contributed by atoms with van der Waals surface area (Å²) in [5, 5.41) is 3.47. The van der Waals surface area contributed by atoms with E-state index in [1.807, 2.05) is 6.92 Å². The molecule has 152 valence electrons. The molecule has 2 aromatic heterocycles. The second kappa shape index (κ2) is 7.75. The number of piperidine rings is 1. The van der Waals surface area contributed by atoms with Crippen molar-refractivity contribution in [3.63, 3.8) is 0 Å². The first kappa shape index (κ1) is 18.6. The Balaban J connectivity index is 1.51. The second-order valence-electron chi connectivity index (χ2n) is 8.71. The fraction of sp³-hybridized carbons (Fsp3) is 0.522. The molecule has 0 radical (unpaired) electrons. The number of aryl methyl sites for hydroxylation is 2. The molecular formula is C23H30N6. The van der Waals surface area contributed by atoms with Gasteiger partial charge in [0.2, 0.25) is 5.95 Å². The Morgan fingerprint density at radius 1 is 1.00 bits per heavy atom. The van der Waals surface area contributed by atoms with Crippen LogP contribution in [0.25, 0.3) is 22.6 Å². The van der Waals surface area contributed by atoms with Crippen LogP contribution in [0.1, 0.15) is 37.8 Å². The van der Waals surface area contributed by atoms with Crippen LogP contribution >= 0.6 is 0 Å². The first-order chi connectivity index (χ1) is 14.2. The fourth-order valence-corrected chi connectivity index (χ4v) is 4.29. The predicted octanol–water partition coefficient (Wildman–Crippen LogP) is 4.11. The van der Waals surface area contributed by atoms with Crippen molar-refractivity contribution in [1.82, 2.24) is 24.4 Å². The number of rotatable bonds is 6. The van der Waals surface area contributed by atoms with E-state index >= 15 is 0 Å². The summed E-state index contributed by atoms with van der Waals surface area (Å²) >= 11 is 0. The summed E-state index contributed by atoms with van der Waals surface area (Å²) < 4.78 is 2.33. The maximum Gasteiger partial charge on any atom is 0.225 e. The number of fused-ring (bicyclic) bond motifs is 1. The molecule has 2 aliphatic rings. The molecule has 6 nitrogen and oxygen atoms in total. The van der Waals surface area contributed by atoms with E-state index in [1.54, 1.807) is 0 Å². The first-order valence-electron chi connectivity index (χ1n) is 10.9. The number of nitrogens with zero attached hydrogens (tertiary/aromatic N) is 5. The molecule has 3 aromatic rings. The molecule has 29 heavy (non-hydrogen) atoms. The smallest absolute Gasteiger partial charge is 0.225 e. The monoisotopic (exact) mass is 390 g/mol. The van der Waals surface area contributed by atoms with E-state index in [9.17, 15) is 0 Å². The van der Waals surface area contributed by atoms with Gasteiger partial charge in [0, 0.05) is 18.2 Å². The van der Waals surface area contributed by atoms with E-state index in [-0.39, 0.29) is 0 Å². The van der Waals surface area contributed by atoms with Gasteiger partial charge in [0.05, 0.1) is 5.69 Å². The number of imidazole rings is 1. The quantitative estimate of drug-likeness (QED) is 0.686. The molecule has 1 saturated carbocycles. The SMILES string of the molecule is Cc1nc(NC2CC2)nc2c1nc(-c1ccccc1)n2CCC1CCN(C)CC1. The van der Waals surface area contributed by atoms with Crippen molar-refractivity contribution in [3.8, 4) is 11.4 Å². The van der Waals surface area contributed by atoms with Crippen molar-refractivity contribution in [2.24, 2.45) is 5.92 Å². The Hall–Kier alpha value is -2.47. The molecule has 1 N–H and O–H groups in total. The lowest BCUT2D eigenvalue weighted by molar-refractivity contribution is 0.208. The van der Waals surface area contributed by atoms with Gasteiger partial charge in [-0.2, -0.15) is 4.98 Å². The van der Waals surface area contributed by atoms with Crippen molar-refractivity contribution in [2.75, 3.05) is 25.5 Å². The highest BCUT2D eigenvalue weighted by molar-refractivity contribution is 5.80. The van der Waals surface area contributed by atoms with Crippen LogP contribution in [-0.4, -0.2) is 50.6 Å². The molecule has 0 spiro atoms. The van der Waals surface area contributed by atoms with Gasteiger partial charge in [0.25, 0.3) is 0 Å². The molecule has 0 atom stereocenters. The van der Waals surface area contributed by atoms with Crippen molar-refractivity contribution >= 4 is 17.1 Å². The minimum absolute atomic E-state index is 0.538. The Labute approximate surface area is 172 Å². The molecule has 1 aromatic carbocycles. The van der Waals surface area contributed by atoms with Crippen LogP contribution in [0.4, 0.5) is 5.95 Å². The summed E-state index contributed by atoms with van der Waals surface area (Å²) in [4.78, 5) is 17.0. The molecule has 0 bridgehead atoms. The van der Waals surface area contributed by atoms with Crippen LogP contribution in [0, 0.1) is 12.8 Å². The highest BCUT2D eigenvalue weighted by atomic mass is 15.2. The van der Waals surface area contributed by atoms with Gasteiger partial charge in [-0.15, -0.1) is 0 Å². The maximum absolute atomic E-state index is 5.00. The summed E-state index contributed by atoms with van der Waals surface area (Å²) in [5.74, 6) is 2.53. The average molecular weight is 391 g/mol. The van der Waals surface area contributed by atoms with E-state index in [4.69, 9.17) is 9.97 Å². The molecule has 1 aliphatic carbocycles. The van der Waals surface area contributed by atoms with Gasteiger partial charge in [-0.25, -0.2) is 9.97 Å². The number of hydrogen-bond acceptors (Lipinski definition) is 5. The number of aromatic nitrogens is 4. The van der Waals surface area contributed by atoms with Gasteiger partial charge >= 0.3 is 0 Å². The van der Waals surface area contributed by atoms with E-state index < -0.39 is 0 Å². The Kier molecular flexibility index (Phi) is 4.96. The topological polar surface area (TPSA) is 58.9 Å². The third-order valence-electron chi connectivity index (χ3n) is 6.31. The highest BCUT2D eigenvalue weighted by Gasteiger charge is 2.24. The zero-order valence-electron chi connectivity index (χ0n) is 17.4. The standard InChI is InChI=1S/C23H30N6/c1-16-20-22(27-23(24-16)25-19-8-9-19)29(15-12-17-10-13-28(2)14-11-17)21(26-20)18-6-4-3-5-7-18/h3-7,17,19H,8-15H2,1-2H3,(H,24,25,27). The van der Waals surface area contributed by atoms with E-state index in [0.717, 1.165) is 46.7 Å². The lowest BCUT2D eigenvalue weighted by atomic mass is 9.94. The Morgan fingerprint density at radius 2 is 1.76 bits per heavy atom. The lowest BCUT2D eigenvalue weighted by Crippen LogP contribution is -2.30. The maximum atomic E-state index is 5.00. The second-order valence-corrected chi connectivity index (χ2v) is 8.71. The van der Waals surface area contributed by atoms with Crippen LogP contribution in [0.3, 0.4) is 0 Å². The molecule has 3 heterocycles. The van der Waals surface area contributed by atoms with E-state index in [0.29, 0.717) is 6.04 Å². The molecule has 0 unspecified atom stereocenters. The first-order valence-corrected chi connectivity index (χ1v) is 10.9. The highest BCUT2D eigenvalue weighted by Crippen LogP contribution is 2.29. The normalized spacial score (nSPS) is 18.4. The molecular weight excluding hydrogens is 360 g/mol. The summed E-state index contributed by atoms with van der Waals surface area (Å²) in [6, 6.07) is 11.0. The van der Waals surface area contributed by atoms with E-state index in [2.05, 4.69) is 57.1 Å². The predicted molar refractivity (Wildman–Crippen MR) is 117 cm³/mol. The molecule has 2 fully saturated rings. The van der Waals surface area contributed by atoms with Gasteiger partial charge in [-0.05, 0) is 65.1 Å². The third kappa shape index (κ3) is 3.99. The van der Waals surface area contributed by atoms with Gasteiger partial charge < -0.3 is 14.8 Å². The van der Waals surface area contributed by atoms with E-state index in [1.165, 1.54) is 45.2 Å². The minimum Gasteiger partial charge on any atom is -0.351 e. The van der Waals surface area contributed by atoms with Crippen molar-refractivity contribution in [2.45, 2.75) is 51.6 Å². The van der Waals surface area contributed by atoms with Crippen molar-refractivity contribution in [3.05, 3.63) is 36.0 Å². The molecule has 0 amide bonds. The number of nitrogens with one attached hydrogen (secondary N) is 1. The summed E-state index contributed by atoms with van der Waals surface area (Å²) in [6.45, 7) is 5.41. The van der Waals surface area contributed by atoms with Gasteiger partial charge in [-0.3, -0.25) is 0 Å². The molecule has 5 rings (SSSR count). The lowest BCUT2D eigenvalue weighted by Gasteiger charge is -2.29. The van der Waals surface area contributed by atoms with Gasteiger partial charge in [0.15, 0.2) is 5.65 Å². The summed E-state index contributed by atoms with van der Waals surface area (Å²) in [6.07, 6.45) is 6.17. The summed E-state index contributed by atoms with van der Waals surface area (Å²) in [5.41, 5.74) is 3.99. The number of benzene rings is 1. The fourth-order valence-electron chi connectivity index (χ4n) is 4.29. The van der Waals surface area contributed by atoms with Crippen molar-refractivity contribution < 1.29 is 0 Å². The Bertz CT molecular complexity index is 984. The van der Waals surface area contributed by atoms with Crippen LogP contribution in [-0.2, 0) is 6.54 Å². The zero-order valence-corrected chi connectivity index (χ0v) is 17.4. The van der Waals surface area contributed by atoms with Crippen molar-refractivity contribution in [1.29, 1.82) is 0 Å². The number of anilines is 1.